The highest BCUT2D eigenvalue weighted by atomic mass is 79.9. The van der Waals surface area contributed by atoms with Gasteiger partial charge in [-0.1, -0.05) is 15.9 Å². The molecule has 0 radical (unpaired) electrons. The summed E-state index contributed by atoms with van der Waals surface area (Å²) in [4.78, 5) is 35.9. The Morgan fingerprint density at radius 1 is 1.40 bits per heavy atom. The third-order valence-corrected chi connectivity index (χ3v) is 5.96. The van der Waals surface area contributed by atoms with E-state index in [0.717, 1.165) is 7.11 Å². The van der Waals surface area contributed by atoms with Gasteiger partial charge in [-0.3, -0.25) is 4.79 Å². The highest BCUT2D eigenvalue weighted by Crippen LogP contribution is 2.52. The van der Waals surface area contributed by atoms with E-state index in [-0.39, 0.29) is 16.1 Å². The zero-order valence-electron chi connectivity index (χ0n) is 11.1. The Bertz CT molecular complexity index is 456. The zero-order valence-corrected chi connectivity index (χ0v) is 13.5. The molecule has 0 bridgehead atoms. The predicted octanol–water partition coefficient (Wildman–Crippen LogP) is 1.10. The first-order chi connectivity index (χ1) is 9.29. The van der Waals surface area contributed by atoms with Gasteiger partial charge in [0.25, 0.3) is 0 Å². The van der Waals surface area contributed by atoms with Gasteiger partial charge in [0.2, 0.25) is 12.7 Å². The number of rotatable bonds is 3. The lowest BCUT2D eigenvalue weighted by molar-refractivity contribution is -0.167. The first-order valence-corrected chi connectivity index (χ1v) is 7.60. The van der Waals surface area contributed by atoms with Crippen molar-refractivity contribution in [3.05, 3.63) is 0 Å². The van der Waals surface area contributed by atoms with Crippen LogP contribution >= 0.6 is 27.7 Å². The molecule has 2 fully saturated rings. The van der Waals surface area contributed by atoms with Crippen LogP contribution in [0.3, 0.4) is 0 Å². The molecule has 0 spiro atoms. The van der Waals surface area contributed by atoms with E-state index in [9.17, 15) is 14.4 Å². The SMILES string of the molecule is COC(=O)OCOC(=O)[C@@H]1N2C(=O)[C@@H](Br)[C@H]2SC1(C)C. The minimum Gasteiger partial charge on any atom is -0.438 e. The van der Waals surface area contributed by atoms with Crippen molar-refractivity contribution in [3.8, 4) is 0 Å². The Hall–Kier alpha value is -0.960. The second-order valence-electron chi connectivity index (χ2n) is 4.84. The second kappa shape index (κ2) is 5.44. The zero-order chi connectivity index (χ0) is 15.1. The minimum atomic E-state index is -0.934. The van der Waals surface area contributed by atoms with Gasteiger partial charge in [-0.15, -0.1) is 11.8 Å². The number of β-lactam (4-membered cyclic amide) rings is 1. The molecule has 0 aliphatic carbocycles. The lowest BCUT2D eigenvalue weighted by Gasteiger charge is -2.41. The van der Waals surface area contributed by atoms with Crippen molar-refractivity contribution in [1.29, 1.82) is 0 Å². The van der Waals surface area contributed by atoms with Crippen molar-refractivity contribution < 1.29 is 28.6 Å². The molecule has 0 aromatic rings. The number of hydrogen-bond donors (Lipinski definition) is 0. The van der Waals surface area contributed by atoms with Crippen LogP contribution in [0, 0.1) is 0 Å². The number of hydrogen-bond acceptors (Lipinski definition) is 7. The van der Waals surface area contributed by atoms with Crippen LogP contribution in [0.1, 0.15) is 13.8 Å². The Kier molecular flexibility index (Phi) is 4.19. The topological polar surface area (TPSA) is 82.1 Å². The normalized spacial score (nSPS) is 30.3. The number of methoxy groups -OCH3 is 1. The maximum atomic E-state index is 12.1. The molecule has 0 aromatic carbocycles. The summed E-state index contributed by atoms with van der Waals surface area (Å²) in [5, 5.41) is -0.0726. The molecule has 3 atom stereocenters. The molecule has 0 saturated carbocycles. The Balaban J connectivity index is 1.98. The van der Waals surface area contributed by atoms with Gasteiger partial charge in [0.1, 0.15) is 16.2 Å². The average Bonchev–Trinajstić information content (AvgIpc) is 2.66. The van der Waals surface area contributed by atoms with Crippen LogP contribution in [0.2, 0.25) is 0 Å². The summed E-state index contributed by atoms with van der Waals surface area (Å²) in [6.07, 6.45) is -0.934. The van der Waals surface area contributed by atoms with Crippen LogP contribution in [-0.4, -0.2) is 57.8 Å². The predicted molar refractivity (Wildman–Crippen MR) is 73.3 cm³/mol. The third kappa shape index (κ3) is 2.48. The smallest absolute Gasteiger partial charge is 0.438 e. The molecule has 9 heteroatoms. The minimum absolute atomic E-state index is 0.0726. The molecule has 7 nitrogen and oxygen atoms in total. The first kappa shape index (κ1) is 15.4. The summed E-state index contributed by atoms with van der Waals surface area (Å²) in [6.45, 7) is 3.21. The Labute approximate surface area is 128 Å². The van der Waals surface area contributed by atoms with Gasteiger partial charge in [-0.2, -0.15) is 0 Å². The highest BCUT2D eigenvalue weighted by molar-refractivity contribution is 9.10. The number of thioether (sulfide) groups is 1. The van der Waals surface area contributed by atoms with Crippen LogP contribution < -0.4 is 0 Å². The molecule has 0 aromatic heterocycles. The van der Waals surface area contributed by atoms with Gasteiger partial charge in [-0.25, -0.2) is 9.59 Å². The lowest BCUT2D eigenvalue weighted by atomic mass is 9.98. The van der Waals surface area contributed by atoms with Crippen LogP contribution in [0.25, 0.3) is 0 Å². The molecule has 2 aliphatic rings. The first-order valence-electron chi connectivity index (χ1n) is 5.81. The van der Waals surface area contributed by atoms with E-state index in [0.29, 0.717) is 0 Å². The highest BCUT2D eigenvalue weighted by Gasteiger charge is 2.63. The summed E-state index contributed by atoms with van der Waals surface area (Å²) in [6, 6.07) is -0.694. The van der Waals surface area contributed by atoms with Gasteiger partial charge >= 0.3 is 12.1 Å². The summed E-state index contributed by atoms with van der Waals surface area (Å²) in [5.74, 6) is -0.731. The summed E-state index contributed by atoms with van der Waals surface area (Å²) in [5.41, 5.74) is 0. The maximum absolute atomic E-state index is 12.1. The van der Waals surface area contributed by atoms with Crippen molar-refractivity contribution >= 4 is 45.7 Å². The van der Waals surface area contributed by atoms with E-state index in [2.05, 4.69) is 25.4 Å². The number of esters is 1. The number of amides is 1. The van der Waals surface area contributed by atoms with Crippen molar-refractivity contribution in [3.63, 3.8) is 0 Å². The van der Waals surface area contributed by atoms with E-state index in [1.807, 2.05) is 13.8 Å². The molecule has 0 N–H and O–H groups in total. The molecule has 1 amide bonds. The number of carbonyl (C=O) groups excluding carboxylic acids is 3. The van der Waals surface area contributed by atoms with Crippen LogP contribution in [0.5, 0.6) is 0 Å². The van der Waals surface area contributed by atoms with Gasteiger partial charge < -0.3 is 19.1 Å². The Morgan fingerprint density at radius 2 is 2.05 bits per heavy atom. The summed E-state index contributed by atoms with van der Waals surface area (Å²) >= 11 is 4.83. The molecular formula is C11H14BrNO6S. The molecule has 2 saturated heterocycles. The standard InChI is InChI=1S/C11H14BrNO6S/c1-11(2)6(9(15)18-4-19-10(16)17-3)13-7(14)5(12)8(13)20-11/h5-6,8H,4H2,1-3H3/t5-,6+,8-/m1/s1. The second-order valence-corrected chi connectivity index (χ2v) is 7.60. The maximum Gasteiger partial charge on any atom is 0.510 e. The fourth-order valence-corrected chi connectivity index (χ4v) is 4.57. The molecule has 112 valence electrons. The van der Waals surface area contributed by atoms with E-state index >= 15 is 0 Å². The monoisotopic (exact) mass is 367 g/mol. The molecule has 0 unspecified atom stereocenters. The molecule has 2 rings (SSSR count). The van der Waals surface area contributed by atoms with Gasteiger partial charge in [0, 0.05) is 4.75 Å². The average molecular weight is 368 g/mol. The summed E-state index contributed by atoms with van der Waals surface area (Å²) < 4.78 is 13.2. The van der Waals surface area contributed by atoms with E-state index in [1.54, 1.807) is 0 Å². The fourth-order valence-electron chi connectivity index (χ4n) is 2.22. The number of nitrogens with zero attached hydrogens (tertiary/aromatic N) is 1. The van der Waals surface area contributed by atoms with Crippen LogP contribution in [0.15, 0.2) is 0 Å². The van der Waals surface area contributed by atoms with Crippen molar-refractivity contribution in [2.75, 3.05) is 13.9 Å². The van der Waals surface area contributed by atoms with Gasteiger partial charge in [-0.05, 0) is 13.8 Å². The van der Waals surface area contributed by atoms with Gasteiger partial charge in [0.15, 0.2) is 0 Å². The van der Waals surface area contributed by atoms with E-state index in [4.69, 9.17) is 4.74 Å². The van der Waals surface area contributed by atoms with Crippen LogP contribution in [-0.2, 0) is 23.8 Å². The number of alkyl halides is 1. The third-order valence-electron chi connectivity index (χ3n) is 3.14. The number of carbonyl (C=O) groups is 3. The number of halogens is 1. The number of fused-ring (bicyclic) bond motifs is 1. The van der Waals surface area contributed by atoms with Crippen LogP contribution in [0.4, 0.5) is 4.79 Å². The molecule has 2 aliphatic heterocycles. The number of ether oxygens (including phenoxy) is 3. The summed E-state index contributed by atoms with van der Waals surface area (Å²) in [7, 11) is 1.15. The molecule has 20 heavy (non-hydrogen) atoms. The lowest BCUT2D eigenvalue weighted by Crippen LogP contribution is -2.63. The molecule has 2 heterocycles. The van der Waals surface area contributed by atoms with Gasteiger partial charge in [0.05, 0.1) is 7.11 Å². The van der Waals surface area contributed by atoms with E-state index < -0.39 is 29.7 Å². The fraction of sp³-hybridized carbons (Fsp3) is 0.727. The van der Waals surface area contributed by atoms with Crippen molar-refractivity contribution in [1.82, 2.24) is 4.90 Å². The Morgan fingerprint density at radius 3 is 2.65 bits per heavy atom. The van der Waals surface area contributed by atoms with Crippen molar-refractivity contribution in [2.45, 2.75) is 34.8 Å². The largest absolute Gasteiger partial charge is 0.510 e. The van der Waals surface area contributed by atoms with Crippen molar-refractivity contribution in [2.24, 2.45) is 0 Å². The molecular weight excluding hydrogens is 354 g/mol. The van der Waals surface area contributed by atoms with E-state index in [1.165, 1.54) is 16.7 Å². The quantitative estimate of drug-likeness (QED) is 0.319.